The van der Waals surface area contributed by atoms with Crippen LogP contribution < -0.4 is 5.32 Å². The van der Waals surface area contributed by atoms with Gasteiger partial charge in [-0.3, -0.25) is 0 Å². The van der Waals surface area contributed by atoms with E-state index in [0.717, 1.165) is 41.4 Å². The van der Waals surface area contributed by atoms with Crippen molar-refractivity contribution in [2.24, 2.45) is 0 Å². The lowest BCUT2D eigenvalue weighted by Crippen LogP contribution is -2.11. The maximum atomic E-state index is 13.6. The van der Waals surface area contributed by atoms with E-state index < -0.39 is 11.6 Å². The number of aryl methyl sites for hydroxylation is 1. The number of nitrogens with one attached hydrogen (secondary N) is 1. The minimum atomic E-state index is -0.502. The second kappa shape index (κ2) is 5.10. The lowest BCUT2D eigenvalue weighted by molar-refractivity contribution is 0.593. The first-order valence-corrected chi connectivity index (χ1v) is 6.59. The Kier molecular flexibility index (Phi) is 3.74. The Balaban J connectivity index is 2.58. The molecule has 1 nitrogen and oxygen atoms in total. The largest absolute Gasteiger partial charge is 0.312 e. The van der Waals surface area contributed by atoms with Gasteiger partial charge in [0.2, 0.25) is 0 Å². The lowest BCUT2D eigenvalue weighted by atomic mass is 10.1. The van der Waals surface area contributed by atoms with Gasteiger partial charge in [-0.15, -0.1) is 11.3 Å². The number of benzene rings is 1. The van der Waals surface area contributed by atoms with Crippen LogP contribution in [-0.2, 0) is 13.0 Å². The fourth-order valence-electron chi connectivity index (χ4n) is 1.99. The van der Waals surface area contributed by atoms with Crippen molar-refractivity contribution in [3.8, 4) is 0 Å². The van der Waals surface area contributed by atoms with Crippen molar-refractivity contribution >= 4 is 21.4 Å². The van der Waals surface area contributed by atoms with Crippen molar-refractivity contribution in [1.82, 2.24) is 5.32 Å². The highest BCUT2D eigenvalue weighted by Gasteiger charge is 2.14. The molecule has 0 spiro atoms. The Bertz CT molecular complexity index is 534. The second-order valence-electron chi connectivity index (χ2n) is 3.90. The lowest BCUT2D eigenvalue weighted by Gasteiger charge is -2.02. The molecule has 2 rings (SSSR count). The normalized spacial score (nSPS) is 11.3. The Morgan fingerprint density at radius 3 is 2.65 bits per heavy atom. The van der Waals surface area contributed by atoms with Crippen LogP contribution in [0.25, 0.3) is 10.1 Å². The van der Waals surface area contributed by atoms with Gasteiger partial charge in [-0.2, -0.15) is 0 Å². The molecule has 0 saturated heterocycles. The monoisotopic (exact) mass is 255 g/mol. The molecule has 0 bridgehead atoms. The molecule has 0 fully saturated rings. The van der Waals surface area contributed by atoms with Crippen molar-refractivity contribution < 1.29 is 8.78 Å². The van der Waals surface area contributed by atoms with Gasteiger partial charge in [-0.1, -0.05) is 13.8 Å². The molecule has 0 unspecified atom stereocenters. The molecule has 0 amide bonds. The SMILES string of the molecule is CCNCc1sc2c(F)cc(F)cc2c1CC. The zero-order valence-electron chi connectivity index (χ0n) is 9.94. The summed E-state index contributed by atoms with van der Waals surface area (Å²) in [5.41, 5.74) is 1.06. The van der Waals surface area contributed by atoms with Crippen molar-refractivity contribution in [2.75, 3.05) is 6.54 Å². The van der Waals surface area contributed by atoms with Gasteiger partial charge in [0.15, 0.2) is 0 Å². The summed E-state index contributed by atoms with van der Waals surface area (Å²) in [7, 11) is 0. The molecule has 0 aliphatic carbocycles. The average molecular weight is 255 g/mol. The van der Waals surface area contributed by atoms with E-state index in [9.17, 15) is 8.78 Å². The Morgan fingerprint density at radius 1 is 1.24 bits per heavy atom. The van der Waals surface area contributed by atoms with E-state index in [0.29, 0.717) is 4.70 Å². The molecule has 1 N–H and O–H groups in total. The van der Waals surface area contributed by atoms with Crippen molar-refractivity contribution in [3.63, 3.8) is 0 Å². The van der Waals surface area contributed by atoms with Crippen LogP contribution in [0.1, 0.15) is 24.3 Å². The van der Waals surface area contributed by atoms with E-state index in [1.165, 1.54) is 17.4 Å². The number of hydrogen-bond donors (Lipinski definition) is 1. The first kappa shape index (κ1) is 12.5. The van der Waals surface area contributed by atoms with E-state index in [1.54, 1.807) is 0 Å². The summed E-state index contributed by atoms with van der Waals surface area (Å²) in [4.78, 5) is 1.11. The highest BCUT2D eigenvalue weighted by molar-refractivity contribution is 7.19. The van der Waals surface area contributed by atoms with E-state index >= 15 is 0 Å². The van der Waals surface area contributed by atoms with Crippen molar-refractivity contribution in [2.45, 2.75) is 26.8 Å². The molecule has 0 aliphatic heterocycles. The maximum absolute atomic E-state index is 13.6. The summed E-state index contributed by atoms with van der Waals surface area (Å²) in [5, 5.41) is 3.95. The summed E-state index contributed by atoms with van der Waals surface area (Å²) in [5.74, 6) is -0.958. The van der Waals surface area contributed by atoms with Gasteiger partial charge < -0.3 is 5.32 Å². The molecular formula is C13H15F2NS. The van der Waals surface area contributed by atoms with E-state index in [4.69, 9.17) is 0 Å². The first-order chi connectivity index (χ1) is 8.17. The highest BCUT2D eigenvalue weighted by atomic mass is 32.1. The molecule has 0 radical (unpaired) electrons. The molecule has 1 heterocycles. The van der Waals surface area contributed by atoms with Gasteiger partial charge in [-0.25, -0.2) is 8.78 Å². The number of rotatable bonds is 4. The molecule has 1 aromatic carbocycles. The molecule has 92 valence electrons. The van der Waals surface area contributed by atoms with Crippen LogP contribution >= 0.6 is 11.3 Å². The van der Waals surface area contributed by atoms with Crippen LogP contribution in [0.4, 0.5) is 8.78 Å². The van der Waals surface area contributed by atoms with Crippen LogP contribution in [0.5, 0.6) is 0 Å². The minimum absolute atomic E-state index is 0.456. The molecule has 0 saturated carbocycles. The van der Waals surface area contributed by atoms with E-state index in [2.05, 4.69) is 5.32 Å². The number of fused-ring (bicyclic) bond motifs is 1. The Morgan fingerprint density at radius 2 is 2.00 bits per heavy atom. The van der Waals surface area contributed by atoms with Crippen LogP contribution in [0.3, 0.4) is 0 Å². The summed E-state index contributed by atoms with van der Waals surface area (Å²) in [6, 6.07) is 2.39. The quantitative estimate of drug-likeness (QED) is 0.875. The van der Waals surface area contributed by atoms with E-state index in [1.807, 2.05) is 13.8 Å². The average Bonchev–Trinajstić information content (AvgIpc) is 2.64. The molecule has 2 aromatic rings. The smallest absolute Gasteiger partial charge is 0.143 e. The van der Waals surface area contributed by atoms with Crippen LogP contribution in [-0.4, -0.2) is 6.54 Å². The predicted molar refractivity (Wildman–Crippen MR) is 68.5 cm³/mol. The number of thiophene rings is 1. The fraction of sp³-hybridized carbons (Fsp3) is 0.385. The van der Waals surface area contributed by atoms with Crippen LogP contribution in [0.15, 0.2) is 12.1 Å². The third kappa shape index (κ3) is 2.33. The van der Waals surface area contributed by atoms with Gasteiger partial charge >= 0.3 is 0 Å². The summed E-state index contributed by atoms with van der Waals surface area (Å²) in [6.07, 6.45) is 0.795. The fourth-order valence-corrected chi connectivity index (χ4v) is 3.24. The number of halogens is 2. The highest BCUT2D eigenvalue weighted by Crippen LogP contribution is 2.34. The summed E-state index contributed by atoms with van der Waals surface area (Å²) < 4.78 is 27.4. The summed E-state index contributed by atoms with van der Waals surface area (Å²) >= 11 is 1.42. The van der Waals surface area contributed by atoms with Gasteiger partial charge in [0, 0.05) is 22.9 Å². The molecule has 1 aromatic heterocycles. The standard InChI is InChI=1S/C13H15F2NS/c1-3-9-10-5-8(14)6-11(15)13(10)17-12(9)7-16-4-2/h5-6,16H,3-4,7H2,1-2H3. The van der Waals surface area contributed by atoms with Crippen LogP contribution in [0.2, 0.25) is 0 Å². The topological polar surface area (TPSA) is 12.0 Å². The van der Waals surface area contributed by atoms with Crippen LogP contribution in [0, 0.1) is 11.6 Å². The molecule has 0 atom stereocenters. The predicted octanol–water partition coefficient (Wildman–Crippen LogP) is 3.85. The Labute approximate surface area is 103 Å². The Hall–Kier alpha value is -1.00. The molecule has 0 aliphatic rings. The van der Waals surface area contributed by atoms with Gasteiger partial charge in [0.1, 0.15) is 11.6 Å². The molecule has 4 heteroatoms. The first-order valence-electron chi connectivity index (χ1n) is 5.77. The van der Waals surface area contributed by atoms with Crippen molar-refractivity contribution in [1.29, 1.82) is 0 Å². The van der Waals surface area contributed by atoms with Gasteiger partial charge in [0.05, 0.1) is 4.70 Å². The third-order valence-electron chi connectivity index (χ3n) is 2.78. The maximum Gasteiger partial charge on any atom is 0.143 e. The van der Waals surface area contributed by atoms with E-state index in [-0.39, 0.29) is 0 Å². The van der Waals surface area contributed by atoms with Gasteiger partial charge in [0.25, 0.3) is 0 Å². The zero-order valence-corrected chi connectivity index (χ0v) is 10.8. The second-order valence-corrected chi connectivity index (χ2v) is 5.01. The number of hydrogen-bond acceptors (Lipinski definition) is 2. The molecular weight excluding hydrogens is 240 g/mol. The third-order valence-corrected chi connectivity index (χ3v) is 4.04. The van der Waals surface area contributed by atoms with Crippen molar-refractivity contribution in [3.05, 3.63) is 34.2 Å². The minimum Gasteiger partial charge on any atom is -0.312 e. The van der Waals surface area contributed by atoms with Gasteiger partial charge in [-0.05, 0) is 24.6 Å². The summed E-state index contributed by atoms with van der Waals surface area (Å²) in [6.45, 7) is 5.63. The molecule has 17 heavy (non-hydrogen) atoms. The zero-order chi connectivity index (χ0) is 12.4.